The van der Waals surface area contributed by atoms with Crippen LogP contribution in [0.25, 0.3) is 22.0 Å². The van der Waals surface area contributed by atoms with Crippen molar-refractivity contribution in [3.63, 3.8) is 0 Å². The van der Waals surface area contributed by atoms with Gasteiger partial charge < -0.3 is 10.1 Å². The van der Waals surface area contributed by atoms with Gasteiger partial charge in [-0.15, -0.1) is 0 Å². The second-order valence-corrected chi connectivity index (χ2v) is 7.12. The molecule has 1 aromatic heterocycles. The number of nitrogens with one attached hydrogen (secondary N) is 1. The number of benzene rings is 2. The second kappa shape index (κ2) is 7.10. The van der Waals surface area contributed by atoms with Crippen LogP contribution in [0.5, 0.6) is 5.75 Å². The molecule has 1 saturated heterocycles. The largest absolute Gasteiger partial charge is 0.490 e. The summed E-state index contributed by atoms with van der Waals surface area (Å²) >= 11 is 3.30. The van der Waals surface area contributed by atoms with Crippen molar-refractivity contribution in [2.75, 3.05) is 13.1 Å². The highest BCUT2D eigenvalue weighted by molar-refractivity contribution is 9.10. The zero-order valence-corrected chi connectivity index (χ0v) is 15.2. The summed E-state index contributed by atoms with van der Waals surface area (Å²) in [6, 6.07) is 12.8. The summed E-state index contributed by atoms with van der Waals surface area (Å²) in [5, 5.41) is 4.26. The van der Waals surface area contributed by atoms with E-state index in [-0.39, 0.29) is 11.9 Å². The van der Waals surface area contributed by atoms with E-state index >= 15 is 0 Å². The van der Waals surface area contributed by atoms with Gasteiger partial charge in [0.15, 0.2) is 0 Å². The van der Waals surface area contributed by atoms with Crippen LogP contribution in [-0.4, -0.2) is 24.2 Å². The van der Waals surface area contributed by atoms with Crippen LogP contribution in [0.3, 0.4) is 0 Å². The summed E-state index contributed by atoms with van der Waals surface area (Å²) in [4.78, 5) is 4.50. The second-order valence-electron chi connectivity index (χ2n) is 6.20. The van der Waals surface area contributed by atoms with E-state index in [0.29, 0.717) is 5.56 Å². The molecule has 0 spiro atoms. The summed E-state index contributed by atoms with van der Waals surface area (Å²) < 4.78 is 21.4. The lowest BCUT2D eigenvalue weighted by Gasteiger charge is -2.24. The SMILES string of the molecule is Fc1cc(Br)ccc1-c1cccc2c(OC3CCNCC3)ccnc12. The lowest BCUT2D eigenvalue weighted by atomic mass is 10.0. The van der Waals surface area contributed by atoms with Gasteiger partial charge in [0.1, 0.15) is 17.7 Å². The summed E-state index contributed by atoms with van der Waals surface area (Å²) in [7, 11) is 0. The number of nitrogens with zero attached hydrogens (tertiary/aromatic N) is 1. The summed E-state index contributed by atoms with van der Waals surface area (Å²) in [5.74, 6) is 0.546. The number of para-hydroxylation sites is 1. The minimum absolute atomic E-state index is 0.208. The molecular formula is C20H18BrFN2O. The van der Waals surface area contributed by atoms with Gasteiger partial charge in [-0.25, -0.2) is 4.39 Å². The Labute approximate surface area is 154 Å². The van der Waals surface area contributed by atoms with E-state index in [0.717, 1.165) is 52.6 Å². The first kappa shape index (κ1) is 16.5. The van der Waals surface area contributed by atoms with Crippen LogP contribution in [0, 0.1) is 5.82 Å². The fourth-order valence-electron chi connectivity index (χ4n) is 3.27. The third-order valence-corrected chi connectivity index (χ3v) is 5.03. The van der Waals surface area contributed by atoms with Crippen molar-refractivity contribution in [3.05, 3.63) is 59.0 Å². The standard InChI is InChI=1S/C20H18BrFN2O/c21-13-4-5-15(18(22)12-13)16-2-1-3-17-19(8-11-24-20(16)17)25-14-6-9-23-10-7-14/h1-5,8,11-12,14,23H,6-7,9-10H2. The minimum atomic E-state index is -0.270. The van der Waals surface area contributed by atoms with Gasteiger partial charge in [-0.05, 0) is 50.2 Å². The molecule has 0 amide bonds. The molecule has 0 bridgehead atoms. The average molecular weight is 401 g/mol. The first-order valence-corrected chi connectivity index (χ1v) is 9.22. The number of hydrogen-bond acceptors (Lipinski definition) is 3. The van der Waals surface area contributed by atoms with E-state index in [1.165, 1.54) is 6.07 Å². The van der Waals surface area contributed by atoms with Gasteiger partial charge in [0.2, 0.25) is 0 Å². The normalized spacial score (nSPS) is 15.4. The predicted molar refractivity (Wildman–Crippen MR) is 101 cm³/mol. The van der Waals surface area contributed by atoms with Crippen molar-refractivity contribution in [1.82, 2.24) is 10.3 Å². The van der Waals surface area contributed by atoms with Crippen LogP contribution in [-0.2, 0) is 0 Å². The Morgan fingerprint density at radius 3 is 2.72 bits per heavy atom. The smallest absolute Gasteiger partial charge is 0.132 e. The van der Waals surface area contributed by atoms with Gasteiger partial charge in [-0.3, -0.25) is 4.98 Å². The highest BCUT2D eigenvalue weighted by Gasteiger charge is 2.17. The molecule has 25 heavy (non-hydrogen) atoms. The molecule has 5 heteroatoms. The Hall–Kier alpha value is -1.98. The van der Waals surface area contributed by atoms with Crippen LogP contribution in [0.15, 0.2) is 53.1 Å². The van der Waals surface area contributed by atoms with Crippen molar-refractivity contribution < 1.29 is 9.13 Å². The maximum Gasteiger partial charge on any atom is 0.132 e. The van der Waals surface area contributed by atoms with E-state index in [1.807, 2.05) is 30.3 Å². The molecule has 0 radical (unpaired) electrons. The van der Waals surface area contributed by atoms with Gasteiger partial charge in [0.25, 0.3) is 0 Å². The van der Waals surface area contributed by atoms with Gasteiger partial charge >= 0.3 is 0 Å². The predicted octanol–water partition coefficient (Wildman–Crippen LogP) is 4.93. The van der Waals surface area contributed by atoms with Crippen molar-refractivity contribution >= 4 is 26.8 Å². The number of aromatic nitrogens is 1. The van der Waals surface area contributed by atoms with E-state index in [9.17, 15) is 4.39 Å². The van der Waals surface area contributed by atoms with E-state index < -0.39 is 0 Å². The highest BCUT2D eigenvalue weighted by atomic mass is 79.9. The maximum atomic E-state index is 14.4. The average Bonchev–Trinajstić information content (AvgIpc) is 2.63. The van der Waals surface area contributed by atoms with Crippen LogP contribution in [0.1, 0.15) is 12.8 Å². The van der Waals surface area contributed by atoms with Crippen LogP contribution < -0.4 is 10.1 Å². The minimum Gasteiger partial charge on any atom is -0.490 e. The molecular weight excluding hydrogens is 383 g/mol. The summed E-state index contributed by atoms with van der Waals surface area (Å²) in [6.45, 7) is 1.95. The number of halogens is 2. The molecule has 2 aromatic carbocycles. The lowest BCUT2D eigenvalue weighted by Crippen LogP contribution is -2.34. The number of ether oxygens (including phenoxy) is 1. The van der Waals surface area contributed by atoms with Crippen LogP contribution in [0.4, 0.5) is 4.39 Å². The van der Waals surface area contributed by atoms with Gasteiger partial charge in [0.05, 0.1) is 5.52 Å². The van der Waals surface area contributed by atoms with Crippen molar-refractivity contribution in [2.45, 2.75) is 18.9 Å². The molecule has 3 nitrogen and oxygen atoms in total. The maximum absolute atomic E-state index is 14.4. The van der Waals surface area contributed by atoms with Crippen LogP contribution >= 0.6 is 15.9 Å². The number of rotatable bonds is 3. The lowest BCUT2D eigenvalue weighted by molar-refractivity contribution is 0.164. The van der Waals surface area contributed by atoms with Crippen LogP contribution in [0.2, 0.25) is 0 Å². The monoisotopic (exact) mass is 400 g/mol. The zero-order chi connectivity index (χ0) is 17.2. The Morgan fingerprint density at radius 1 is 1.08 bits per heavy atom. The van der Waals surface area contributed by atoms with Gasteiger partial charge in [-0.1, -0.05) is 34.1 Å². The quantitative estimate of drug-likeness (QED) is 0.676. The molecule has 1 fully saturated rings. The molecule has 3 aromatic rings. The Bertz CT molecular complexity index is 909. The summed E-state index contributed by atoms with van der Waals surface area (Å²) in [6.07, 6.45) is 3.93. The molecule has 1 aliphatic heterocycles. The number of piperidine rings is 1. The molecule has 1 N–H and O–H groups in total. The van der Waals surface area contributed by atoms with Gasteiger partial charge in [0, 0.05) is 27.2 Å². The van der Waals surface area contributed by atoms with Crippen molar-refractivity contribution in [1.29, 1.82) is 0 Å². The molecule has 0 atom stereocenters. The third-order valence-electron chi connectivity index (χ3n) is 4.53. The fourth-order valence-corrected chi connectivity index (χ4v) is 3.60. The molecule has 1 aliphatic rings. The molecule has 128 valence electrons. The fraction of sp³-hybridized carbons (Fsp3) is 0.250. The van der Waals surface area contributed by atoms with E-state index in [2.05, 4.69) is 26.2 Å². The molecule has 4 rings (SSSR count). The summed E-state index contributed by atoms with van der Waals surface area (Å²) in [5.41, 5.74) is 2.08. The van der Waals surface area contributed by atoms with E-state index in [4.69, 9.17) is 4.74 Å². The van der Waals surface area contributed by atoms with E-state index in [1.54, 1.807) is 12.3 Å². The zero-order valence-electron chi connectivity index (χ0n) is 13.6. The Balaban J connectivity index is 1.78. The first-order chi connectivity index (χ1) is 12.2. The number of hydrogen-bond donors (Lipinski definition) is 1. The van der Waals surface area contributed by atoms with Crippen molar-refractivity contribution in [2.24, 2.45) is 0 Å². The molecule has 0 aliphatic carbocycles. The Kier molecular flexibility index (Phi) is 4.68. The topological polar surface area (TPSA) is 34.1 Å². The molecule has 0 saturated carbocycles. The molecule has 0 unspecified atom stereocenters. The third kappa shape index (κ3) is 3.39. The first-order valence-electron chi connectivity index (χ1n) is 8.43. The molecule has 2 heterocycles. The Morgan fingerprint density at radius 2 is 1.92 bits per heavy atom. The number of pyridine rings is 1. The van der Waals surface area contributed by atoms with Crippen molar-refractivity contribution in [3.8, 4) is 16.9 Å². The highest BCUT2D eigenvalue weighted by Crippen LogP contribution is 2.34. The number of fused-ring (bicyclic) bond motifs is 1. The van der Waals surface area contributed by atoms with Gasteiger partial charge in [-0.2, -0.15) is 0 Å².